The lowest BCUT2D eigenvalue weighted by Crippen LogP contribution is -2.24. The number of carbonyl (C=O) groups is 1. The summed E-state index contributed by atoms with van der Waals surface area (Å²) in [6.45, 7) is 9.41. The molecule has 0 aliphatic carbocycles. The second-order valence-electron chi connectivity index (χ2n) is 12.7. The molecule has 2 atom stereocenters. The van der Waals surface area contributed by atoms with Crippen LogP contribution in [0, 0.1) is 5.92 Å². The van der Waals surface area contributed by atoms with Crippen LogP contribution in [0.2, 0.25) is 0 Å². The van der Waals surface area contributed by atoms with Gasteiger partial charge in [-0.3, -0.25) is 4.79 Å². The lowest BCUT2D eigenvalue weighted by atomic mass is 9.87. The van der Waals surface area contributed by atoms with Gasteiger partial charge in [0.1, 0.15) is 28.9 Å². The molecule has 0 fully saturated rings. The minimum atomic E-state index is -0.881. The average molecular weight is 587 g/mol. The Labute approximate surface area is 251 Å². The van der Waals surface area contributed by atoms with Gasteiger partial charge in [0.15, 0.2) is 17.3 Å². The molecule has 0 amide bonds. The predicted molar refractivity (Wildman–Crippen MR) is 164 cm³/mol. The summed E-state index contributed by atoms with van der Waals surface area (Å²) in [5.74, 6) is 3.04. The van der Waals surface area contributed by atoms with Crippen molar-refractivity contribution in [3.05, 3.63) is 40.5 Å². The molecule has 42 heavy (non-hydrogen) atoms. The molecule has 3 rings (SSSR count). The van der Waals surface area contributed by atoms with Crippen molar-refractivity contribution in [1.82, 2.24) is 0 Å². The molecule has 0 bridgehead atoms. The van der Waals surface area contributed by atoms with E-state index in [0.29, 0.717) is 53.1 Å². The second kappa shape index (κ2) is 14.0. The molecule has 1 aliphatic heterocycles. The van der Waals surface area contributed by atoms with Gasteiger partial charge in [-0.1, -0.05) is 25.8 Å². The summed E-state index contributed by atoms with van der Waals surface area (Å²) in [6.07, 6.45) is 4.92. The molecule has 1 heterocycles. The van der Waals surface area contributed by atoms with Crippen molar-refractivity contribution in [1.29, 1.82) is 0 Å². The summed E-state index contributed by atoms with van der Waals surface area (Å²) in [7, 11) is 6.36. The number of hydrogen-bond acceptors (Lipinski definition) is 8. The Kier molecular flexibility index (Phi) is 11.2. The second-order valence-corrected chi connectivity index (χ2v) is 12.7. The van der Waals surface area contributed by atoms with Crippen LogP contribution in [0.5, 0.6) is 28.7 Å². The SMILES string of the molecule is COc1cc2c(c(OC)c1CCC(C)(C)O)C(=O)CC(c1ccc(OC)c(OC)c1CCC(C)CCCC(C)(C)O)O2. The third-order valence-corrected chi connectivity index (χ3v) is 8.04. The van der Waals surface area contributed by atoms with Crippen LogP contribution >= 0.6 is 0 Å². The lowest BCUT2D eigenvalue weighted by molar-refractivity contribution is 0.0667. The first kappa shape index (κ1) is 33.5. The molecular weight excluding hydrogens is 536 g/mol. The van der Waals surface area contributed by atoms with Gasteiger partial charge in [0, 0.05) is 17.2 Å². The van der Waals surface area contributed by atoms with Crippen LogP contribution in [0.25, 0.3) is 0 Å². The largest absolute Gasteiger partial charge is 0.496 e. The molecule has 0 saturated heterocycles. The van der Waals surface area contributed by atoms with E-state index in [1.807, 2.05) is 26.0 Å². The van der Waals surface area contributed by atoms with Crippen LogP contribution in [-0.2, 0) is 12.8 Å². The van der Waals surface area contributed by atoms with Crippen molar-refractivity contribution in [2.75, 3.05) is 28.4 Å². The van der Waals surface area contributed by atoms with Crippen molar-refractivity contribution in [3.63, 3.8) is 0 Å². The highest BCUT2D eigenvalue weighted by Gasteiger charge is 2.35. The summed E-state index contributed by atoms with van der Waals surface area (Å²) < 4.78 is 29.5. The number of methoxy groups -OCH3 is 4. The van der Waals surface area contributed by atoms with E-state index in [2.05, 4.69) is 6.92 Å². The van der Waals surface area contributed by atoms with Gasteiger partial charge in [-0.2, -0.15) is 0 Å². The number of ketones is 1. The molecule has 0 spiro atoms. The fraction of sp³-hybridized carbons (Fsp3) is 0.618. The Morgan fingerprint density at radius 1 is 0.857 bits per heavy atom. The zero-order valence-corrected chi connectivity index (χ0v) is 26.9. The summed E-state index contributed by atoms with van der Waals surface area (Å²) >= 11 is 0. The Hall–Kier alpha value is -2.97. The number of rotatable bonds is 15. The molecule has 2 aromatic carbocycles. The monoisotopic (exact) mass is 586 g/mol. The quantitative estimate of drug-likeness (QED) is 0.239. The van der Waals surface area contributed by atoms with Crippen LogP contribution in [0.3, 0.4) is 0 Å². The molecular formula is C34H50O8. The van der Waals surface area contributed by atoms with Gasteiger partial charge in [-0.15, -0.1) is 0 Å². The van der Waals surface area contributed by atoms with Gasteiger partial charge in [-0.05, 0) is 77.3 Å². The third-order valence-electron chi connectivity index (χ3n) is 8.04. The van der Waals surface area contributed by atoms with Crippen molar-refractivity contribution >= 4 is 5.78 Å². The van der Waals surface area contributed by atoms with Gasteiger partial charge in [0.05, 0.1) is 46.1 Å². The summed E-state index contributed by atoms with van der Waals surface area (Å²) in [6, 6.07) is 5.58. The van der Waals surface area contributed by atoms with E-state index < -0.39 is 17.3 Å². The van der Waals surface area contributed by atoms with Gasteiger partial charge >= 0.3 is 0 Å². The molecule has 1 aliphatic rings. The van der Waals surface area contributed by atoms with Crippen LogP contribution in [0.1, 0.15) is 106 Å². The van der Waals surface area contributed by atoms with E-state index in [0.717, 1.165) is 48.8 Å². The number of hydrogen-bond donors (Lipinski definition) is 2. The maximum absolute atomic E-state index is 13.7. The molecule has 8 heteroatoms. The maximum atomic E-state index is 13.7. The molecule has 2 aromatic rings. The fourth-order valence-corrected chi connectivity index (χ4v) is 5.71. The highest BCUT2D eigenvalue weighted by molar-refractivity contribution is 6.03. The molecule has 0 saturated carbocycles. The third kappa shape index (κ3) is 8.32. The zero-order valence-electron chi connectivity index (χ0n) is 26.9. The Morgan fingerprint density at radius 2 is 1.50 bits per heavy atom. The van der Waals surface area contributed by atoms with Crippen molar-refractivity contribution in [2.24, 2.45) is 5.92 Å². The summed E-state index contributed by atoms with van der Waals surface area (Å²) in [5.41, 5.74) is 1.46. The number of fused-ring (bicyclic) bond motifs is 1. The van der Waals surface area contributed by atoms with Crippen molar-refractivity contribution in [2.45, 2.75) is 103 Å². The van der Waals surface area contributed by atoms with E-state index in [-0.39, 0.29) is 12.2 Å². The molecule has 0 aromatic heterocycles. The van der Waals surface area contributed by atoms with E-state index in [9.17, 15) is 15.0 Å². The van der Waals surface area contributed by atoms with Crippen molar-refractivity contribution in [3.8, 4) is 28.7 Å². The molecule has 0 radical (unpaired) electrons. The predicted octanol–water partition coefficient (Wildman–Crippen LogP) is 6.64. The summed E-state index contributed by atoms with van der Waals surface area (Å²) in [5, 5.41) is 20.4. The van der Waals surface area contributed by atoms with E-state index in [4.69, 9.17) is 23.7 Å². The number of carbonyl (C=O) groups excluding carboxylic acids is 1. The lowest BCUT2D eigenvalue weighted by Gasteiger charge is -2.31. The molecule has 234 valence electrons. The van der Waals surface area contributed by atoms with Gasteiger partial charge in [0.25, 0.3) is 0 Å². The van der Waals surface area contributed by atoms with Gasteiger partial charge in [0.2, 0.25) is 0 Å². The minimum absolute atomic E-state index is 0.0778. The normalized spacial score (nSPS) is 16.0. The molecule has 8 nitrogen and oxygen atoms in total. The van der Waals surface area contributed by atoms with E-state index >= 15 is 0 Å². The molecule has 2 N–H and O–H groups in total. The first-order valence-electron chi connectivity index (χ1n) is 14.9. The first-order chi connectivity index (χ1) is 19.7. The maximum Gasteiger partial charge on any atom is 0.174 e. The van der Waals surface area contributed by atoms with E-state index in [1.54, 1.807) is 41.2 Å². The highest BCUT2D eigenvalue weighted by Crippen LogP contribution is 2.48. The number of ether oxygens (including phenoxy) is 5. The van der Waals surface area contributed by atoms with Crippen LogP contribution in [-0.4, -0.2) is 55.6 Å². The van der Waals surface area contributed by atoms with Crippen LogP contribution in [0.15, 0.2) is 18.2 Å². The number of benzene rings is 2. The van der Waals surface area contributed by atoms with Crippen molar-refractivity contribution < 1.29 is 38.7 Å². The standard InChI is InChI=1S/C34H50O8/c1-21(11-10-17-33(2,3)36)12-13-23-22(14-15-26(38-6)31(23)40-8)28-19-25(35)30-29(42-28)20-27(39-7)24(32(30)41-9)16-18-34(4,5)37/h14-15,20-21,28,36-37H,10-13,16-19H2,1-9H3. The highest BCUT2D eigenvalue weighted by atomic mass is 16.5. The van der Waals surface area contributed by atoms with E-state index in [1.165, 1.54) is 7.11 Å². The summed E-state index contributed by atoms with van der Waals surface area (Å²) in [4.78, 5) is 13.7. The smallest absolute Gasteiger partial charge is 0.174 e. The Bertz CT molecular complexity index is 1220. The first-order valence-corrected chi connectivity index (χ1v) is 14.9. The average Bonchev–Trinajstić information content (AvgIpc) is 2.92. The Balaban J connectivity index is 1.96. The van der Waals surface area contributed by atoms with Crippen LogP contribution in [0.4, 0.5) is 0 Å². The number of Topliss-reactive ketones (excluding diaryl/α,β-unsaturated/α-hetero) is 1. The number of aliphatic hydroxyl groups is 2. The zero-order chi connectivity index (χ0) is 31.2. The van der Waals surface area contributed by atoms with Gasteiger partial charge < -0.3 is 33.9 Å². The Morgan fingerprint density at radius 3 is 2.07 bits per heavy atom. The molecule has 2 unspecified atom stereocenters. The van der Waals surface area contributed by atoms with Crippen LogP contribution < -0.4 is 23.7 Å². The van der Waals surface area contributed by atoms with Gasteiger partial charge in [-0.25, -0.2) is 0 Å². The minimum Gasteiger partial charge on any atom is -0.496 e. The topological polar surface area (TPSA) is 104 Å². The fourth-order valence-electron chi connectivity index (χ4n) is 5.71.